The summed E-state index contributed by atoms with van der Waals surface area (Å²) in [6.45, 7) is 4.20. The van der Waals surface area contributed by atoms with E-state index in [2.05, 4.69) is 5.32 Å². The van der Waals surface area contributed by atoms with Gasteiger partial charge in [-0.3, -0.25) is 4.79 Å². The second-order valence-corrected chi connectivity index (χ2v) is 4.47. The van der Waals surface area contributed by atoms with Crippen molar-refractivity contribution in [3.63, 3.8) is 0 Å². The van der Waals surface area contributed by atoms with Crippen LogP contribution in [0.25, 0.3) is 0 Å². The van der Waals surface area contributed by atoms with Gasteiger partial charge in [-0.1, -0.05) is 13.8 Å². The molecule has 0 aliphatic heterocycles. The van der Waals surface area contributed by atoms with Gasteiger partial charge in [0, 0.05) is 6.54 Å². The third-order valence-corrected chi connectivity index (χ3v) is 3.33. The van der Waals surface area contributed by atoms with Crippen molar-refractivity contribution in [3.8, 4) is 0 Å². The second kappa shape index (κ2) is 4.94. The van der Waals surface area contributed by atoms with Gasteiger partial charge in [-0.15, -0.1) is 0 Å². The monoisotopic (exact) mass is 215 g/mol. The van der Waals surface area contributed by atoms with E-state index in [1.165, 1.54) is 0 Å². The largest absolute Gasteiger partial charge is 0.480 e. The third-order valence-electron chi connectivity index (χ3n) is 3.33. The zero-order chi connectivity index (χ0) is 11.5. The Morgan fingerprint density at radius 2 is 2.00 bits per heavy atom. The molecule has 1 rings (SSSR count). The van der Waals surface area contributed by atoms with E-state index in [9.17, 15) is 9.90 Å². The molecular formula is C11H21NO3. The molecule has 3 N–H and O–H groups in total. The zero-order valence-corrected chi connectivity index (χ0v) is 9.49. The third kappa shape index (κ3) is 3.47. The van der Waals surface area contributed by atoms with Crippen molar-refractivity contribution in [2.75, 3.05) is 6.54 Å². The number of nitrogens with one attached hydrogen (secondary N) is 1. The summed E-state index contributed by atoms with van der Waals surface area (Å²) in [5.41, 5.74) is -0.761. The fraction of sp³-hybridized carbons (Fsp3) is 0.909. The smallest absolute Gasteiger partial charge is 0.320 e. The van der Waals surface area contributed by atoms with E-state index in [-0.39, 0.29) is 5.92 Å². The van der Waals surface area contributed by atoms with Crippen LogP contribution in [0.15, 0.2) is 0 Å². The minimum atomic E-state index is -0.799. The summed E-state index contributed by atoms with van der Waals surface area (Å²) in [5, 5.41) is 22.0. The quantitative estimate of drug-likeness (QED) is 0.592. The van der Waals surface area contributed by atoms with Gasteiger partial charge in [0.15, 0.2) is 0 Å². The van der Waals surface area contributed by atoms with Crippen molar-refractivity contribution >= 4 is 5.97 Å². The van der Waals surface area contributed by atoms with Gasteiger partial charge in [0.2, 0.25) is 0 Å². The van der Waals surface area contributed by atoms with Gasteiger partial charge in [0.05, 0.1) is 5.60 Å². The fourth-order valence-corrected chi connectivity index (χ4v) is 1.69. The van der Waals surface area contributed by atoms with Crippen LogP contribution in [0, 0.1) is 5.92 Å². The fourth-order valence-electron chi connectivity index (χ4n) is 1.69. The van der Waals surface area contributed by atoms with E-state index in [1.54, 1.807) is 0 Å². The zero-order valence-electron chi connectivity index (χ0n) is 9.49. The molecule has 15 heavy (non-hydrogen) atoms. The van der Waals surface area contributed by atoms with E-state index in [0.29, 0.717) is 19.4 Å². The summed E-state index contributed by atoms with van der Waals surface area (Å²) in [6.07, 6.45) is 3.27. The highest BCUT2D eigenvalue weighted by Crippen LogP contribution is 2.33. The predicted octanol–water partition coefficient (Wildman–Crippen LogP) is 0.990. The topological polar surface area (TPSA) is 69.6 Å². The lowest BCUT2D eigenvalue weighted by atomic mass is 9.97. The minimum Gasteiger partial charge on any atom is -0.480 e. The van der Waals surface area contributed by atoms with Crippen LogP contribution in [0.2, 0.25) is 0 Å². The Kier molecular flexibility index (Phi) is 4.11. The number of hydrogen-bond acceptors (Lipinski definition) is 3. The van der Waals surface area contributed by atoms with E-state index >= 15 is 0 Å². The molecule has 88 valence electrons. The van der Waals surface area contributed by atoms with E-state index in [0.717, 1.165) is 12.8 Å². The number of aliphatic carboxylic acids is 1. The molecule has 0 heterocycles. The van der Waals surface area contributed by atoms with Crippen LogP contribution in [0.1, 0.15) is 39.5 Å². The predicted molar refractivity (Wildman–Crippen MR) is 57.7 cm³/mol. The lowest BCUT2D eigenvalue weighted by molar-refractivity contribution is -0.140. The van der Waals surface area contributed by atoms with Crippen LogP contribution in [-0.2, 0) is 4.79 Å². The summed E-state index contributed by atoms with van der Waals surface area (Å²) in [4.78, 5) is 10.9. The van der Waals surface area contributed by atoms with Crippen molar-refractivity contribution in [1.82, 2.24) is 5.32 Å². The first-order chi connectivity index (χ1) is 7.02. The Balaban J connectivity index is 2.42. The summed E-state index contributed by atoms with van der Waals surface area (Å²) in [6, 6.07) is -0.477. The molecule has 0 aromatic carbocycles. The van der Waals surface area contributed by atoms with Gasteiger partial charge in [-0.25, -0.2) is 0 Å². The highest BCUT2D eigenvalue weighted by Gasteiger charge is 2.37. The maximum atomic E-state index is 10.9. The highest BCUT2D eigenvalue weighted by molar-refractivity contribution is 5.74. The molecule has 1 unspecified atom stereocenters. The molecule has 1 aliphatic carbocycles. The van der Waals surface area contributed by atoms with Crippen LogP contribution < -0.4 is 5.32 Å². The lowest BCUT2D eigenvalue weighted by Gasteiger charge is -2.27. The molecule has 0 bridgehead atoms. The van der Waals surface area contributed by atoms with E-state index in [1.807, 2.05) is 13.8 Å². The molecule has 0 spiro atoms. The number of hydrogen-bond donors (Lipinski definition) is 3. The van der Waals surface area contributed by atoms with Crippen LogP contribution in [0.5, 0.6) is 0 Å². The van der Waals surface area contributed by atoms with Gasteiger partial charge in [-0.2, -0.15) is 0 Å². The van der Waals surface area contributed by atoms with Crippen molar-refractivity contribution < 1.29 is 15.0 Å². The average molecular weight is 215 g/mol. The van der Waals surface area contributed by atoms with Gasteiger partial charge in [-0.05, 0) is 31.6 Å². The van der Waals surface area contributed by atoms with Gasteiger partial charge >= 0.3 is 5.97 Å². The van der Waals surface area contributed by atoms with Gasteiger partial charge < -0.3 is 15.5 Å². The van der Waals surface area contributed by atoms with Crippen molar-refractivity contribution in [3.05, 3.63) is 0 Å². The summed E-state index contributed by atoms with van der Waals surface area (Å²) >= 11 is 0. The average Bonchev–Trinajstić information content (AvgIpc) is 3.01. The maximum absolute atomic E-state index is 10.9. The first-order valence-electron chi connectivity index (χ1n) is 5.71. The van der Waals surface area contributed by atoms with E-state index < -0.39 is 17.6 Å². The number of carboxylic acids is 1. The number of aliphatic hydroxyl groups is 1. The Morgan fingerprint density at radius 3 is 2.33 bits per heavy atom. The van der Waals surface area contributed by atoms with Crippen LogP contribution in [0.4, 0.5) is 0 Å². The molecule has 1 aliphatic rings. The molecule has 0 amide bonds. The molecule has 1 atom stereocenters. The second-order valence-electron chi connectivity index (χ2n) is 4.47. The molecule has 4 nitrogen and oxygen atoms in total. The van der Waals surface area contributed by atoms with Crippen molar-refractivity contribution in [2.45, 2.75) is 51.2 Å². The Morgan fingerprint density at radius 1 is 1.47 bits per heavy atom. The first kappa shape index (κ1) is 12.5. The molecule has 1 saturated carbocycles. The number of carbonyl (C=O) groups is 1. The minimum absolute atomic E-state index is 0.264. The SMILES string of the molecule is CCC(O)(CC)CNC(C(=O)O)C1CC1. The molecule has 0 radical (unpaired) electrons. The van der Waals surface area contributed by atoms with Crippen molar-refractivity contribution in [1.29, 1.82) is 0 Å². The molecule has 0 aromatic heterocycles. The van der Waals surface area contributed by atoms with Gasteiger partial charge in [0.1, 0.15) is 6.04 Å². The maximum Gasteiger partial charge on any atom is 0.320 e. The molecular weight excluding hydrogens is 194 g/mol. The lowest BCUT2D eigenvalue weighted by Crippen LogP contribution is -2.47. The standard InChI is InChI=1S/C11H21NO3/c1-3-11(15,4-2)7-12-9(10(13)14)8-5-6-8/h8-9,12,15H,3-7H2,1-2H3,(H,13,14). The molecule has 1 fully saturated rings. The molecule has 4 heteroatoms. The molecule has 0 aromatic rings. The van der Waals surface area contributed by atoms with Crippen LogP contribution in [0.3, 0.4) is 0 Å². The highest BCUT2D eigenvalue weighted by atomic mass is 16.4. The number of carboxylic acid groups (broad SMARTS) is 1. The summed E-state index contributed by atoms with van der Waals surface area (Å²) < 4.78 is 0. The van der Waals surface area contributed by atoms with Crippen LogP contribution in [-0.4, -0.2) is 34.4 Å². The summed E-state index contributed by atoms with van der Waals surface area (Å²) in [7, 11) is 0. The van der Waals surface area contributed by atoms with Crippen molar-refractivity contribution in [2.24, 2.45) is 5.92 Å². The first-order valence-corrected chi connectivity index (χ1v) is 5.71. The Bertz CT molecular complexity index is 222. The Labute approximate surface area is 90.7 Å². The van der Waals surface area contributed by atoms with Crippen LogP contribution >= 0.6 is 0 Å². The van der Waals surface area contributed by atoms with E-state index in [4.69, 9.17) is 5.11 Å². The molecule has 0 saturated heterocycles. The summed E-state index contributed by atoms with van der Waals surface area (Å²) in [5.74, 6) is -0.535. The normalized spacial score (nSPS) is 18.9. The van der Waals surface area contributed by atoms with Gasteiger partial charge in [0.25, 0.3) is 0 Å². The Hall–Kier alpha value is -0.610. The number of rotatable bonds is 7.